The van der Waals surface area contributed by atoms with Crippen LogP contribution in [0.15, 0.2) is 52.4 Å². The Labute approximate surface area is 93.5 Å². The van der Waals surface area contributed by atoms with Gasteiger partial charge in [-0.25, -0.2) is 4.98 Å². The number of rotatable bonds is 2. The Morgan fingerprint density at radius 3 is 2.73 bits per heavy atom. The van der Waals surface area contributed by atoms with Crippen molar-refractivity contribution in [1.29, 1.82) is 0 Å². The summed E-state index contributed by atoms with van der Waals surface area (Å²) < 4.78 is 0. The molecule has 0 unspecified atom stereocenters. The van der Waals surface area contributed by atoms with E-state index in [9.17, 15) is 0 Å². The topological polar surface area (TPSA) is 38.9 Å². The van der Waals surface area contributed by atoms with Gasteiger partial charge in [0.2, 0.25) is 0 Å². The molecule has 1 aromatic carbocycles. The number of nitrogens with two attached hydrogens (primary N) is 1. The van der Waals surface area contributed by atoms with Crippen molar-refractivity contribution in [2.24, 2.45) is 0 Å². The van der Waals surface area contributed by atoms with Crippen molar-refractivity contribution < 1.29 is 0 Å². The fraction of sp³-hybridized carbons (Fsp3) is 0.0833. The van der Waals surface area contributed by atoms with Gasteiger partial charge in [0.05, 0.1) is 0 Å². The predicted octanol–water partition coefficient (Wildman–Crippen LogP) is 3.12. The minimum atomic E-state index is 0.564. The summed E-state index contributed by atoms with van der Waals surface area (Å²) in [5.41, 5.74) is 6.90. The largest absolute Gasteiger partial charge is 0.384 e. The summed E-state index contributed by atoms with van der Waals surface area (Å²) in [6, 6.07) is 12.1. The van der Waals surface area contributed by atoms with E-state index in [0.717, 1.165) is 4.90 Å². The van der Waals surface area contributed by atoms with Crippen LogP contribution in [0.5, 0.6) is 0 Å². The van der Waals surface area contributed by atoms with E-state index in [4.69, 9.17) is 5.73 Å². The van der Waals surface area contributed by atoms with Crippen molar-refractivity contribution in [3.05, 3.63) is 48.2 Å². The number of benzene rings is 1. The number of nitrogen functional groups attached to an aromatic ring is 1. The third kappa shape index (κ3) is 2.50. The van der Waals surface area contributed by atoms with E-state index in [0.29, 0.717) is 5.82 Å². The van der Waals surface area contributed by atoms with Gasteiger partial charge in [-0.15, -0.1) is 0 Å². The average Bonchev–Trinajstić information content (AvgIpc) is 2.22. The van der Waals surface area contributed by atoms with E-state index in [1.54, 1.807) is 18.0 Å². The van der Waals surface area contributed by atoms with Crippen molar-refractivity contribution in [3.8, 4) is 0 Å². The number of hydrogen-bond donors (Lipinski definition) is 1. The minimum absolute atomic E-state index is 0.564. The van der Waals surface area contributed by atoms with Crippen LogP contribution in [0.25, 0.3) is 0 Å². The van der Waals surface area contributed by atoms with Crippen LogP contribution in [0.3, 0.4) is 0 Å². The van der Waals surface area contributed by atoms with Crippen LogP contribution in [-0.4, -0.2) is 4.98 Å². The number of pyridine rings is 1. The van der Waals surface area contributed by atoms with Gasteiger partial charge in [-0.1, -0.05) is 30.0 Å². The first kappa shape index (κ1) is 10.1. The highest BCUT2D eigenvalue weighted by molar-refractivity contribution is 7.99. The molecule has 76 valence electrons. The third-order valence-corrected chi connectivity index (χ3v) is 3.24. The van der Waals surface area contributed by atoms with Crippen molar-refractivity contribution in [2.75, 3.05) is 5.73 Å². The zero-order valence-corrected chi connectivity index (χ0v) is 9.29. The van der Waals surface area contributed by atoms with Crippen molar-refractivity contribution in [1.82, 2.24) is 4.98 Å². The Balaban J connectivity index is 2.26. The Bertz CT molecular complexity index is 469. The molecule has 3 heteroatoms. The fourth-order valence-electron chi connectivity index (χ4n) is 1.29. The van der Waals surface area contributed by atoms with Crippen LogP contribution in [0.2, 0.25) is 0 Å². The molecule has 0 aliphatic rings. The molecule has 0 saturated heterocycles. The Morgan fingerprint density at radius 1 is 1.20 bits per heavy atom. The lowest BCUT2D eigenvalue weighted by atomic mass is 10.2. The minimum Gasteiger partial charge on any atom is -0.384 e. The summed E-state index contributed by atoms with van der Waals surface area (Å²) in [5, 5.41) is 0. The second-order valence-electron chi connectivity index (χ2n) is 3.28. The van der Waals surface area contributed by atoms with Crippen LogP contribution in [0.4, 0.5) is 5.82 Å². The Kier molecular flexibility index (Phi) is 2.92. The molecule has 0 saturated carbocycles. The number of anilines is 1. The first-order valence-corrected chi connectivity index (χ1v) is 5.52. The molecule has 0 aliphatic heterocycles. The maximum absolute atomic E-state index is 5.63. The molecule has 0 fully saturated rings. The van der Waals surface area contributed by atoms with Crippen LogP contribution < -0.4 is 5.73 Å². The highest BCUT2D eigenvalue weighted by Crippen LogP contribution is 2.30. The summed E-state index contributed by atoms with van der Waals surface area (Å²) in [5.74, 6) is 0.564. The maximum atomic E-state index is 5.63. The summed E-state index contributed by atoms with van der Waals surface area (Å²) in [4.78, 5) is 6.34. The van der Waals surface area contributed by atoms with Gasteiger partial charge in [0.1, 0.15) is 5.82 Å². The van der Waals surface area contributed by atoms with Gasteiger partial charge in [-0.2, -0.15) is 0 Å². The van der Waals surface area contributed by atoms with Gasteiger partial charge >= 0.3 is 0 Å². The van der Waals surface area contributed by atoms with Crippen molar-refractivity contribution in [2.45, 2.75) is 16.7 Å². The molecule has 2 N–H and O–H groups in total. The molecule has 0 amide bonds. The van der Waals surface area contributed by atoms with E-state index in [-0.39, 0.29) is 0 Å². The lowest BCUT2D eigenvalue weighted by molar-refractivity contribution is 1.25. The summed E-state index contributed by atoms with van der Waals surface area (Å²) >= 11 is 1.71. The summed E-state index contributed by atoms with van der Waals surface area (Å²) in [6.07, 6.45) is 1.73. The van der Waals surface area contributed by atoms with Gasteiger partial charge in [0.15, 0.2) is 0 Å². The normalized spacial score (nSPS) is 10.2. The number of nitrogens with zero attached hydrogens (tertiary/aromatic N) is 1. The molecule has 2 nitrogen and oxygen atoms in total. The Hall–Kier alpha value is -1.48. The van der Waals surface area contributed by atoms with Gasteiger partial charge < -0.3 is 5.73 Å². The zero-order chi connectivity index (χ0) is 10.7. The van der Waals surface area contributed by atoms with E-state index >= 15 is 0 Å². The molecule has 0 spiro atoms. The Morgan fingerprint density at radius 2 is 2.00 bits per heavy atom. The molecule has 0 bridgehead atoms. The van der Waals surface area contributed by atoms with E-state index in [1.807, 2.05) is 24.3 Å². The van der Waals surface area contributed by atoms with E-state index in [1.165, 1.54) is 10.5 Å². The number of aryl methyl sites for hydroxylation is 1. The van der Waals surface area contributed by atoms with E-state index < -0.39 is 0 Å². The highest BCUT2D eigenvalue weighted by Gasteiger charge is 2.00. The lowest BCUT2D eigenvalue weighted by Gasteiger charge is -2.04. The second kappa shape index (κ2) is 4.36. The molecular formula is C12H12N2S. The zero-order valence-electron chi connectivity index (χ0n) is 8.47. The van der Waals surface area contributed by atoms with E-state index in [2.05, 4.69) is 24.0 Å². The third-order valence-electron chi connectivity index (χ3n) is 2.07. The van der Waals surface area contributed by atoms with Crippen molar-refractivity contribution >= 4 is 17.6 Å². The van der Waals surface area contributed by atoms with Gasteiger partial charge in [0, 0.05) is 16.0 Å². The number of aromatic nitrogens is 1. The lowest BCUT2D eigenvalue weighted by Crippen LogP contribution is -1.88. The molecular weight excluding hydrogens is 204 g/mol. The summed E-state index contributed by atoms with van der Waals surface area (Å²) in [6.45, 7) is 2.10. The van der Waals surface area contributed by atoms with Crippen LogP contribution >= 0.6 is 11.8 Å². The standard InChI is InChI=1S/C12H12N2S/c1-9-4-2-3-5-11(9)15-10-6-7-14-12(13)8-10/h2-8H,1H3,(H2,13,14). The molecule has 0 aliphatic carbocycles. The van der Waals surface area contributed by atoms with Gasteiger partial charge in [-0.3, -0.25) is 0 Å². The molecule has 15 heavy (non-hydrogen) atoms. The maximum Gasteiger partial charge on any atom is 0.124 e. The predicted molar refractivity (Wildman–Crippen MR) is 64.0 cm³/mol. The molecule has 0 atom stereocenters. The van der Waals surface area contributed by atoms with Crippen LogP contribution in [0.1, 0.15) is 5.56 Å². The van der Waals surface area contributed by atoms with Crippen LogP contribution in [-0.2, 0) is 0 Å². The smallest absolute Gasteiger partial charge is 0.124 e. The first-order chi connectivity index (χ1) is 7.25. The first-order valence-electron chi connectivity index (χ1n) is 4.71. The molecule has 0 radical (unpaired) electrons. The quantitative estimate of drug-likeness (QED) is 0.838. The fourth-order valence-corrected chi connectivity index (χ4v) is 2.23. The molecule has 2 aromatic rings. The molecule has 2 rings (SSSR count). The molecule has 1 aromatic heterocycles. The van der Waals surface area contributed by atoms with Gasteiger partial charge in [-0.05, 0) is 30.7 Å². The second-order valence-corrected chi connectivity index (χ2v) is 4.40. The molecule has 1 heterocycles. The summed E-state index contributed by atoms with van der Waals surface area (Å²) in [7, 11) is 0. The highest BCUT2D eigenvalue weighted by atomic mass is 32.2. The average molecular weight is 216 g/mol. The van der Waals surface area contributed by atoms with Gasteiger partial charge in [0.25, 0.3) is 0 Å². The number of hydrogen-bond acceptors (Lipinski definition) is 3. The SMILES string of the molecule is Cc1ccccc1Sc1ccnc(N)c1. The monoisotopic (exact) mass is 216 g/mol. The van der Waals surface area contributed by atoms with Crippen molar-refractivity contribution in [3.63, 3.8) is 0 Å². The van der Waals surface area contributed by atoms with Crippen LogP contribution in [0, 0.1) is 6.92 Å².